The van der Waals surface area contributed by atoms with Crippen LogP contribution in [-0.2, 0) is 19.6 Å². The van der Waals surface area contributed by atoms with E-state index in [1.165, 1.54) is 85.9 Å². The fourth-order valence-corrected chi connectivity index (χ4v) is 7.89. The Morgan fingerprint density at radius 2 is 1.49 bits per heavy atom. The smallest absolute Gasteiger partial charge is 0.312 e. The van der Waals surface area contributed by atoms with Crippen LogP contribution in [0.4, 0.5) is 24.8 Å². The van der Waals surface area contributed by atoms with E-state index < -0.39 is 63.7 Å². The van der Waals surface area contributed by atoms with E-state index in [0.29, 0.717) is 40.2 Å². The van der Waals surface area contributed by atoms with Crippen molar-refractivity contribution in [2.45, 2.75) is 69.8 Å². The van der Waals surface area contributed by atoms with Gasteiger partial charge in [-0.3, -0.25) is 9.59 Å². The highest BCUT2D eigenvalue weighted by molar-refractivity contribution is 7.92. The van der Waals surface area contributed by atoms with Crippen LogP contribution in [-0.4, -0.2) is 84.2 Å². The first-order valence-corrected chi connectivity index (χ1v) is 22.9. The number of nitrogens with zero attached hydrogens (tertiary/aromatic N) is 4. The van der Waals surface area contributed by atoms with E-state index in [4.69, 9.17) is 4.74 Å². The van der Waals surface area contributed by atoms with Crippen LogP contribution in [0.15, 0.2) is 103 Å². The molecule has 0 aliphatic carbocycles. The predicted molar refractivity (Wildman–Crippen MR) is 241 cm³/mol. The van der Waals surface area contributed by atoms with Crippen molar-refractivity contribution in [3.05, 3.63) is 143 Å². The van der Waals surface area contributed by atoms with Gasteiger partial charge >= 0.3 is 5.97 Å². The van der Waals surface area contributed by atoms with Crippen LogP contribution in [0.3, 0.4) is 0 Å². The van der Waals surface area contributed by atoms with Gasteiger partial charge in [0.2, 0.25) is 21.9 Å². The molecular formula is C48H52F3N5O8S. The van der Waals surface area contributed by atoms with Crippen LogP contribution in [0.25, 0.3) is 17.3 Å². The summed E-state index contributed by atoms with van der Waals surface area (Å²) >= 11 is 0. The van der Waals surface area contributed by atoms with Crippen LogP contribution in [0.5, 0.6) is 5.75 Å². The first-order chi connectivity index (χ1) is 30.9. The molecule has 4 aromatic carbocycles. The number of halogens is 3. The molecule has 5 aromatic rings. The second kappa shape index (κ2) is 21.3. The zero-order valence-corrected chi connectivity index (χ0v) is 37.1. The fraction of sp³-hybridized carbons (Fsp3) is 0.333. The molecule has 0 bridgehead atoms. The van der Waals surface area contributed by atoms with Gasteiger partial charge in [0.25, 0.3) is 0 Å². The lowest BCUT2D eigenvalue weighted by atomic mass is 9.78. The Morgan fingerprint density at radius 1 is 0.892 bits per heavy atom. The normalized spacial score (nSPS) is 16.7. The van der Waals surface area contributed by atoms with E-state index in [1.807, 2.05) is 13.8 Å². The number of anilines is 2. The van der Waals surface area contributed by atoms with Crippen molar-refractivity contribution < 1.29 is 51.2 Å². The molecule has 4 N–H and O–H groups in total. The van der Waals surface area contributed by atoms with E-state index in [1.54, 1.807) is 35.2 Å². The van der Waals surface area contributed by atoms with Gasteiger partial charge in [0, 0.05) is 43.4 Å². The van der Waals surface area contributed by atoms with Gasteiger partial charge in [-0.1, -0.05) is 50.3 Å². The van der Waals surface area contributed by atoms with Gasteiger partial charge in [0.1, 0.15) is 23.2 Å². The van der Waals surface area contributed by atoms with Crippen molar-refractivity contribution >= 4 is 39.6 Å². The number of β-lactam (4-membered cyclic amide) rings is 1. The number of sulfonamides is 1. The predicted octanol–water partition coefficient (Wildman–Crippen LogP) is 7.01. The van der Waals surface area contributed by atoms with Gasteiger partial charge in [0.15, 0.2) is 0 Å². The Balaban J connectivity index is 1.02. The number of aliphatic hydroxyl groups is 3. The van der Waals surface area contributed by atoms with Gasteiger partial charge in [-0.15, -0.1) is 0 Å². The number of benzene rings is 4. The van der Waals surface area contributed by atoms with Gasteiger partial charge in [-0.25, -0.2) is 35.9 Å². The molecule has 2 heterocycles. The molecule has 65 heavy (non-hydrogen) atoms. The molecule has 1 aliphatic rings. The highest BCUT2D eigenvalue weighted by Gasteiger charge is 2.48. The summed E-state index contributed by atoms with van der Waals surface area (Å²) < 4.78 is 72.2. The summed E-state index contributed by atoms with van der Waals surface area (Å²) in [7, 11) is -2.38. The summed E-state index contributed by atoms with van der Waals surface area (Å²) in [6.07, 6.45) is 1.51. The van der Waals surface area contributed by atoms with E-state index in [9.17, 15) is 46.5 Å². The van der Waals surface area contributed by atoms with E-state index >= 15 is 0 Å². The van der Waals surface area contributed by atoms with E-state index in [2.05, 4.69) is 15.3 Å². The molecule has 5 unspecified atom stereocenters. The average molecular weight is 916 g/mol. The molecule has 0 saturated carbocycles. The number of carbonyl (C=O) groups is 2. The van der Waals surface area contributed by atoms with Gasteiger partial charge < -0.3 is 30.3 Å². The lowest BCUT2D eigenvalue weighted by molar-refractivity contribution is -0.134. The lowest BCUT2D eigenvalue weighted by Gasteiger charge is -2.48. The largest absolute Gasteiger partial charge is 0.426 e. The fourth-order valence-electron chi connectivity index (χ4n) is 7.51. The third-order valence-electron chi connectivity index (χ3n) is 11.1. The molecule has 17 heteroatoms. The number of ether oxygens (including phenoxy) is 1. The first-order valence-electron chi connectivity index (χ1n) is 21.1. The number of esters is 1. The minimum Gasteiger partial charge on any atom is -0.426 e. The lowest BCUT2D eigenvalue weighted by Crippen LogP contribution is -2.55. The Morgan fingerprint density at radius 3 is 2.09 bits per heavy atom. The maximum Gasteiger partial charge on any atom is 0.312 e. The molecule has 344 valence electrons. The number of hydrogen-bond acceptors (Lipinski definition) is 11. The molecule has 5 atom stereocenters. The molecule has 6 rings (SSSR count). The zero-order chi connectivity index (χ0) is 47.0. The minimum absolute atomic E-state index is 0.0422. The summed E-state index contributed by atoms with van der Waals surface area (Å²) in [5.74, 6) is -2.59. The molecule has 1 fully saturated rings. The number of aliphatic hydroxyl groups excluding tert-OH is 3. The van der Waals surface area contributed by atoms with Crippen molar-refractivity contribution in [2.75, 3.05) is 35.6 Å². The molecule has 1 amide bonds. The zero-order valence-electron chi connectivity index (χ0n) is 36.3. The van der Waals surface area contributed by atoms with Crippen LogP contribution in [0.2, 0.25) is 0 Å². The first kappa shape index (κ1) is 48.5. The summed E-state index contributed by atoms with van der Waals surface area (Å²) in [6, 6.07) is 22.9. The number of rotatable bonds is 20. The summed E-state index contributed by atoms with van der Waals surface area (Å²) in [6.45, 7) is 3.94. The summed E-state index contributed by atoms with van der Waals surface area (Å²) in [5, 5.41) is 35.3. The Labute approximate surface area is 376 Å². The molecule has 0 radical (unpaired) electrons. The Hall–Kier alpha value is -5.98. The van der Waals surface area contributed by atoms with Gasteiger partial charge in [0.05, 0.1) is 54.3 Å². The van der Waals surface area contributed by atoms with Crippen LogP contribution in [0.1, 0.15) is 80.0 Å². The quantitative estimate of drug-likeness (QED) is 0.0273. The molecule has 1 saturated heterocycles. The maximum atomic E-state index is 13.8. The van der Waals surface area contributed by atoms with Crippen LogP contribution in [0, 0.1) is 23.4 Å². The third kappa shape index (κ3) is 12.4. The number of aromatic nitrogens is 2. The Bertz CT molecular complexity index is 2560. The number of carbonyl (C=O) groups excluding carboxylic acids is 2. The van der Waals surface area contributed by atoms with Crippen molar-refractivity contribution in [1.82, 2.24) is 15.3 Å². The van der Waals surface area contributed by atoms with Crippen molar-refractivity contribution in [3.63, 3.8) is 0 Å². The van der Waals surface area contributed by atoms with E-state index in [0.717, 1.165) is 16.1 Å². The Kier molecular flexibility index (Phi) is 15.9. The average Bonchev–Trinajstić information content (AvgIpc) is 3.27. The van der Waals surface area contributed by atoms with Crippen LogP contribution < -0.4 is 19.3 Å². The second-order valence-corrected chi connectivity index (χ2v) is 18.3. The van der Waals surface area contributed by atoms with Crippen molar-refractivity contribution in [3.8, 4) is 17.0 Å². The summed E-state index contributed by atoms with van der Waals surface area (Å²) in [5.41, 5.74) is 3.58. The number of amides is 1. The van der Waals surface area contributed by atoms with Crippen LogP contribution >= 0.6 is 0 Å². The van der Waals surface area contributed by atoms with E-state index in [-0.39, 0.29) is 55.9 Å². The summed E-state index contributed by atoms with van der Waals surface area (Å²) in [4.78, 5) is 36.8. The van der Waals surface area contributed by atoms with Gasteiger partial charge in [-0.2, -0.15) is 0 Å². The molecule has 0 spiro atoms. The minimum atomic E-state index is -3.71. The SMILES string of the molecule is CC(C)c1nc(N(C)S(C)(=O)=O)nc(-c2ccc(F)cc2)c1/C=C/C(O)CC(O)CNCCC(=O)Oc1ccc(C2C(CCC(O)c3ccc(F)cc3)C(=O)N2c2ccc(F)cc2)cc1. The van der Waals surface area contributed by atoms with Gasteiger partial charge in [-0.05, 0) is 103 Å². The molecular weight excluding hydrogens is 864 g/mol. The van der Waals surface area contributed by atoms with Crippen molar-refractivity contribution in [2.24, 2.45) is 5.92 Å². The second-order valence-electron chi connectivity index (χ2n) is 16.3. The van der Waals surface area contributed by atoms with Crippen molar-refractivity contribution in [1.29, 1.82) is 0 Å². The third-order valence-corrected chi connectivity index (χ3v) is 12.2. The number of nitrogens with one attached hydrogen (secondary N) is 1. The maximum absolute atomic E-state index is 13.8. The molecule has 13 nitrogen and oxygen atoms in total. The standard InChI is InChI=1S/C48H52F3N5O8S/c1-29(2)44-40(45(31-7-13-34(50)14-8-31)54-48(53-44)55(3)65(4,62)63)22-19-37(57)27-38(58)28-52-26-25-43(60)64-39-20-9-32(10-21-39)46-41(23-24-42(59)30-5-11-33(49)12-6-30)47(61)56(46)36-17-15-35(51)16-18-36/h5-22,29,37-38,41-42,46,52,57-59H,23-28H2,1-4H3/b22-19+. The highest BCUT2D eigenvalue weighted by atomic mass is 32.2. The molecule has 1 aliphatic heterocycles. The highest BCUT2D eigenvalue weighted by Crippen LogP contribution is 2.46. The number of hydrogen-bond donors (Lipinski definition) is 4. The topological polar surface area (TPSA) is 182 Å². The molecule has 1 aromatic heterocycles. The monoisotopic (exact) mass is 915 g/mol.